The van der Waals surface area contributed by atoms with E-state index >= 15 is 0 Å². The smallest absolute Gasteiger partial charge is 0.416 e. The average molecular weight is 628 g/mol. The Hall–Kier alpha value is -4.04. The van der Waals surface area contributed by atoms with Crippen LogP contribution in [0.25, 0.3) is 0 Å². The van der Waals surface area contributed by atoms with E-state index in [1.165, 1.54) is 25.1 Å². The van der Waals surface area contributed by atoms with E-state index in [0.717, 1.165) is 5.01 Å². The number of benzene rings is 3. The van der Waals surface area contributed by atoms with E-state index in [2.05, 4.69) is 21.0 Å². The zero-order valence-electron chi connectivity index (χ0n) is 19.6. The zero-order chi connectivity index (χ0) is 28.6. The van der Waals surface area contributed by atoms with Crippen LogP contribution in [-0.2, 0) is 11.0 Å². The number of halogens is 5. The van der Waals surface area contributed by atoms with Crippen LogP contribution in [0.15, 0.2) is 64.2 Å². The molecule has 0 aromatic heterocycles. The van der Waals surface area contributed by atoms with Gasteiger partial charge in [0.15, 0.2) is 0 Å². The van der Waals surface area contributed by atoms with Crippen LogP contribution in [0.1, 0.15) is 36.1 Å². The van der Waals surface area contributed by atoms with E-state index in [0.29, 0.717) is 20.8 Å². The largest absolute Gasteiger partial charge is 0.444 e. The Morgan fingerprint density at radius 2 is 1.67 bits per heavy atom. The van der Waals surface area contributed by atoms with Crippen molar-refractivity contribution in [2.75, 3.05) is 0 Å². The predicted molar refractivity (Wildman–Crippen MR) is 137 cm³/mol. The van der Waals surface area contributed by atoms with Crippen LogP contribution in [0.3, 0.4) is 0 Å². The predicted octanol–water partition coefficient (Wildman–Crippen LogP) is 7.43. The number of carbonyl (C=O) groups excluding carboxylic acids is 1. The average Bonchev–Trinajstić information content (AvgIpc) is 3.30. The molecule has 0 aliphatic carbocycles. The number of rotatable bonds is 6. The molecule has 1 unspecified atom stereocenters. The lowest BCUT2D eigenvalue weighted by Gasteiger charge is -2.23. The van der Waals surface area contributed by atoms with Gasteiger partial charge < -0.3 is 4.74 Å². The molecule has 3 aromatic rings. The highest BCUT2D eigenvalue weighted by Crippen LogP contribution is 2.47. The summed E-state index contributed by atoms with van der Waals surface area (Å²) >= 11 is 9.27. The van der Waals surface area contributed by atoms with Crippen LogP contribution in [0, 0.1) is 20.2 Å². The molecule has 1 aliphatic heterocycles. The van der Waals surface area contributed by atoms with Gasteiger partial charge in [0.05, 0.1) is 27.2 Å². The van der Waals surface area contributed by atoms with Gasteiger partial charge in [0.1, 0.15) is 5.75 Å². The number of hydrazone groups is 1. The Kier molecular flexibility index (Phi) is 7.61. The third-order valence-electron chi connectivity index (χ3n) is 5.72. The number of hydrogen-bond acceptors (Lipinski definition) is 7. The van der Waals surface area contributed by atoms with Crippen molar-refractivity contribution in [3.63, 3.8) is 0 Å². The molecule has 0 bridgehead atoms. The van der Waals surface area contributed by atoms with Gasteiger partial charge in [0, 0.05) is 40.5 Å². The molecule has 3 aromatic carbocycles. The standard InChI is InChI=1S/C24H15BrClF3N4O6/c1-12(34)31-19(11-18(30-31)13-2-5-16(26)6-3-13)17-10-15(25)4-7-22(17)39-23-20(32(35)36)8-14(24(27,28)29)9-21(23)33(37)38/h2-10,19H,11H2,1H3. The van der Waals surface area contributed by atoms with Crippen LogP contribution in [0.2, 0.25) is 5.02 Å². The molecular weight excluding hydrogens is 613 g/mol. The fourth-order valence-electron chi connectivity index (χ4n) is 3.98. The summed E-state index contributed by atoms with van der Waals surface area (Å²) in [4.78, 5) is 33.4. The highest BCUT2D eigenvalue weighted by Gasteiger charge is 2.40. The zero-order valence-corrected chi connectivity index (χ0v) is 22.0. The number of amides is 1. The van der Waals surface area contributed by atoms with Gasteiger partial charge in [-0.1, -0.05) is 39.7 Å². The van der Waals surface area contributed by atoms with E-state index in [9.17, 15) is 38.2 Å². The Balaban J connectivity index is 1.83. The molecule has 1 atom stereocenters. The first-order valence-corrected chi connectivity index (χ1v) is 12.1. The maximum absolute atomic E-state index is 13.3. The second kappa shape index (κ2) is 10.6. The maximum atomic E-state index is 13.3. The van der Waals surface area contributed by atoms with Crippen LogP contribution in [-0.4, -0.2) is 26.5 Å². The van der Waals surface area contributed by atoms with Gasteiger partial charge in [-0.15, -0.1) is 0 Å². The van der Waals surface area contributed by atoms with E-state index in [-0.39, 0.29) is 29.9 Å². The molecule has 0 radical (unpaired) electrons. The van der Waals surface area contributed by atoms with Gasteiger partial charge in [-0.05, 0) is 35.9 Å². The molecule has 4 rings (SSSR count). The summed E-state index contributed by atoms with van der Waals surface area (Å²) < 4.78 is 46.1. The first-order valence-electron chi connectivity index (χ1n) is 10.9. The first-order chi connectivity index (χ1) is 18.3. The Labute approximate surface area is 231 Å². The number of nitro groups is 2. The number of nitro benzene ring substituents is 2. The van der Waals surface area contributed by atoms with Crippen molar-refractivity contribution in [2.24, 2.45) is 5.10 Å². The van der Waals surface area contributed by atoms with Crippen molar-refractivity contribution in [3.05, 3.63) is 101 Å². The van der Waals surface area contributed by atoms with Gasteiger partial charge in [-0.25, -0.2) is 5.01 Å². The second-order valence-electron chi connectivity index (χ2n) is 8.28. The summed E-state index contributed by atoms with van der Waals surface area (Å²) in [5.74, 6) is -1.61. The number of alkyl halides is 3. The third-order valence-corrected chi connectivity index (χ3v) is 6.47. The van der Waals surface area contributed by atoms with Crippen molar-refractivity contribution in [1.29, 1.82) is 0 Å². The fraction of sp³-hybridized carbons (Fsp3) is 0.167. The number of hydrogen-bond donors (Lipinski definition) is 0. The van der Waals surface area contributed by atoms with E-state index < -0.39 is 50.7 Å². The summed E-state index contributed by atoms with van der Waals surface area (Å²) in [6.45, 7) is 1.27. The van der Waals surface area contributed by atoms with Crippen LogP contribution < -0.4 is 4.74 Å². The number of carbonyl (C=O) groups is 1. The lowest BCUT2D eigenvalue weighted by atomic mass is 9.97. The highest BCUT2D eigenvalue weighted by molar-refractivity contribution is 9.10. The molecule has 1 amide bonds. The topological polar surface area (TPSA) is 128 Å². The number of nitrogens with zero attached hydrogens (tertiary/aromatic N) is 4. The summed E-state index contributed by atoms with van der Waals surface area (Å²) in [6.07, 6.45) is -4.93. The summed E-state index contributed by atoms with van der Waals surface area (Å²) in [6, 6.07) is 10.5. The minimum absolute atomic E-state index is 0.158. The Bertz CT molecular complexity index is 1500. The normalized spacial score (nSPS) is 15.2. The highest BCUT2D eigenvalue weighted by atomic mass is 79.9. The quantitative estimate of drug-likeness (QED) is 0.207. The maximum Gasteiger partial charge on any atom is 0.416 e. The summed E-state index contributed by atoms with van der Waals surface area (Å²) in [7, 11) is 0. The van der Waals surface area contributed by atoms with E-state index in [1.807, 2.05) is 0 Å². The van der Waals surface area contributed by atoms with Gasteiger partial charge in [0.2, 0.25) is 5.91 Å². The van der Waals surface area contributed by atoms with E-state index in [4.69, 9.17) is 16.3 Å². The van der Waals surface area contributed by atoms with Crippen LogP contribution >= 0.6 is 27.5 Å². The van der Waals surface area contributed by atoms with Gasteiger partial charge in [-0.2, -0.15) is 18.3 Å². The molecule has 202 valence electrons. The van der Waals surface area contributed by atoms with Crippen LogP contribution in [0.4, 0.5) is 24.5 Å². The van der Waals surface area contributed by atoms with Gasteiger partial charge >= 0.3 is 17.6 Å². The van der Waals surface area contributed by atoms with Crippen molar-refractivity contribution in [2.45, 2.75) is 25.6 Å². The SMILES string of the molecule is CC(=O)N1N=C(c2ccc(Cl)cc2)CC1c1cc(Br)ccc1Oc1c([N+](=O)[O-])cc(C(F)(F)F)cc1[N+](=O)[O-]. The molecule has 0 fully saturated rings. The van der Waals surface area contributed by atoms with Gasteiger partial charge in [0.25, 0.3) is 5.75 Å². The fourth-order valence-corrected chi connectivity index (χ4v) is 4.49. The van der Waals surface area contributed by atoms with Crippen LogP contribution in [0.5, 0.6) is 11.5 Å². The lowest BCUT2D eigenvalue weighted by molar-refractivity contribution is -0.396. The van der Waals surface area contributed by atoms with E-state index in [1.54, 1.807) is 24.3 Å². The molecule has 15 heteroatoms. The molecule has 0 spiro atoms. The first kappa shape index (κ1) is 28.0. The minimum Gasteiger partial charge on any atom is -0.444 e. The molecule has 10 nitrogen and oxygen atoms in total. The van der Waals surface area contributed by atoms with Crippen molar-refractivity contribution >= 4 is 50.5 Å². The monoisotopic (exact) mass is 626 g/mol. The van der Waals surface area contributed by atoms with Crippen molar-refractivity contribution < 1.29 is 32.5 Å². The second-order valence-corrected chi connectivity index (χ2v) is 9.63. The van der Waals surface area contributed by atoms with Gasteiger partial charge in [-0.3, -0.25) is 25.0 Å². The number of ether oxygens (including phenoxy) is 1. The molecule has 1 aliphatic rings. The molecule has 0 saturated carbocycles. The molecular formula is C24H15BrClF3N4O6. The third kappa shape index (κ3) is 5.86. The summed E-state index contributed by atoms with van der Waals surface area (Å²) in [5, 5.41) is 29.4. The van der Waals surface area contributed by atoms with Crippen molar-refractivity contribution in [1.82, 2.24) is 5.01 Å². The molecule has 39 heavy (non-hydrogen) atoms. The molecule has 0 saturated heterocycles. The molecule has 0 N–H and O–H groups in total. The van der Waals surface area contributed by atoms with Crippen molar-refractivity contribution in [3.8, 4) is 11.5 Å². The Morgan fingerprint density at radius 1 is 1.08 bits per heavy atom. The lowest BCUT2D eigenvalue weighted by Crippen LogP contribution is -2.24. The Morgan fingerprint density at radius 3 is 2.18 bits per heavy atom. The minimum atomic E-state index is -5.09. The summed E-state index contributed by atoms with van der Waals surface area (Å²) in [5.41, 5.74) is -2.67. The molecule has 1 heterocycles.